The van der Waals surface area contributed by atoms with Crippen molar-refractivity contribution in [3.05, 3.63) is 90.5 Å². The molecule has 0 unspecified atom stereocenters. The number of hydrogen-bond acceptors (Lipinski definition) is 1. The Morgan fingerprint density at radius 3 is 2.24 bits per heavy atom. The summed E-state index contributed by atoms with van der Waals surface area (Å²) in [6, 6.07) is 30.3. The molecule has 3 nitrogen and oxygen atoms in total. The lowest BCUT2D eigenvalue weighted by molar-refractivity contribution is -0.633. The Morgan fingerprint density at radius 1 is 0.697 bits per heavy atom. The van der Waals surface area contributed by atoms with E-state index in [1.807, 2.05) is 0 Å². The largest absolute Gasteiger partial charge is 0.454 e. The zero-order chi connectivity index (χ0) is 22.3. The third-order valence-electron chi connectivity index (χ3n) is 6.92. The molecule has 0 aliphatic carbocycles. The normalized spacial score (nSPS) is 12.1. The van der Waals surface area contributed by atoms with Crippen molar-refractivity contribution in [3.8, 4) is 11.4 Å². The van der Waals surface area contributed by atoms with Crippen LogP contribution in [0.4, 0.5) is 0 Å². The van der Waals surface area contributed by atoms with Crippen molar-refractivity contribution in [2.24, 2.45) is 7.05 Å². The van der Waals surface area contributed by atoms with Crippen LogP contribution in [0.5, 0.6) is 0 Å². The summed E-state index contributed by atoms with van der Waals surface area (Å²) >= 11 is 2.41. The number of rotatable bonds is 1. The second kappa shape index (κ2) is 6.81. The summed E-state index contributed by atoms with van der Waals surface area (Å²) in [6.07, 6.45) is 0. The molecule has 0 bridgehead atoms. The molecule has 0 radical (unpaired) electrons. The van der Waals surface area contributed by atoms with Crippen molar-refractivity contribution < 1.29 is 8.98 Å². The Labute approximate surface area is 204 Å². The van der Waals surface area contributed by atoms with Gasteiger partial charge >= 0.3 is 5.82 Å². The number of halogens is 1. The van der Waals surface area contributed by atoms with Crippen LogP contribution in [0.15, 0.2) is 89.3 Å². The molecule has 0 aliphatic rings. The molecule has 0 saturated heterocycles. The van der Waals surface area contributed by atoms with Gasteiger partial charge in [0.15, 0.2) is 16.6 Å². The van der Waals surface area contributed by atoms with Gasteiger partial charge in [0.05, 0.1) is 7.05 Å². The van der Waals surface area contributed by atoms with E-state index in [0.717, 1.165) is 38.7 Å². The predicted molar refractivity (Wildman–Crippen MR) is 145 cm³/mol. The van der Waals surface area contributed by atoms with Crippen LogP contribution in [0.25, 0.3) is 65.9 Å². The van der Waals surface area contributed by atoms with Gasteiger partial charge in [0, 0.05) is 16.2 Å². The van der Waals surface area contributed by atoms with E-state index in [0.29, 0.717) is 0 Å². The lowest BCUT2D eigenvalue weighted by Crippen LogP contribution is -2.29. The van der Waals surface area contributed by atoms with Crippen LogP contribution < -0.4 is 4.57 Å². The van der Waals surface area contributed by atoms with E-state index in [9.17, 15) is 0 Å². The molecule has 0 spiro atoms. The maximum Gasteiger partial charge on any atom is 0.302 e. The first-order valence-electron chi connectivity index (χ1n) is 11.1. The highest BCUT2D eigenvalue weighted by molar-refractivity contribution is 14.1. The summed E-state index contributed by atoms with van der Waals surface area (Å²) in [5.74, 6) is 1.13. The molecule has 7 rings (SSSR count). The van der Waals surface area contributed by atoms with Crippen LogP contribution in [-0.4, -0.2) is 2.78 Å². The van der Waals surface area contributed by atoms with Gasteiger partial charge in [-0.15, -0.1) is 0 Å². The van der Waals surface area contributed by atoms with Crippen molar-refractivity contribution >= 4 is 77.4 Å². The molecular weight excluding hydrogens is 519 g/mol. The maximum absolute atomic E-state index is 6.76. The number of furan rings is 1. The van der Waals surface area contributed by atoms with Crippen molar-refractivity contribution in [2.45, 2.75) is 6.92 Å². The molecule has 158 valence electrons. The smallest absolute Gasteiger partial charge is 0.302 e. The van der Waals surface area contributed by atoms with E-state index < -0.39 is 0 Å². The number of hydrogen-bond donors (Lipinski definition) is 0. The zero-order valence-electron chi connectivity index (χ0n) is 18.3. The van der Waals surface area contributed by atoms with E-state index in [2.05, 4.69) is 129 Å². The standard InChI is InChI=1S/C29H20IN2O/c1-17-11-13-23-22-16-15-20-19-8-4-3-7-18(19)12-14-21(20)27(22)33-28(23)26(17)29-31(2)24-9-5-6-10-25(24)32(29)30/h3-16H,1-2H3/q+1. The third kappa shape index (κ3) is 2.53. The van der Waals surface area contributed by atoms with Crippen LogP contribution in [0.2, 0.25) is 0 Å². The molecule has 0 saturated carbocycles. The molecular formula is C29H20IN2O+. The molecule has 2 heterocycles. The molecule has 4 heteroatoms. The van der Waals surface area contributed by atoms with E-state index in [1.165, 1.54) is 32.8 Å². The highest BCUT2D eigenvalue weighted by atomic mass is 127. The summed E-state index contributed by atoms with van der Waals surface area (Å²) in [7, 11) is 2.13. The van der Waals surface area contributed by atoms with Gasteiger partial charge in [0.2, 0.25) is 22.9 Å². The van der Waals surface area contributed by atoms with E-state index in [4.69, 9.17) is 4.42 Å². The number of imidazole rings is 1. The van der Waals surface area contributed by atoms with Gasteiger partial charge in [-0.1, -0.05) is 60.7 Å². The van der Waals surface area contributed by atoms with Gasteiger partial charge in [-0.3, -0.25) is 0 Å². The SMILES string of the molecule is Cc1ccc2c(oc3c2ccc2c4ccccc4ccc23)c1-c1n(I)c2ccccc2[n+]1C. The quantitative estimate of drug-likeness (QED) is 0.118. The molecule has 0 aliphatic heterocycles. The lowest BCUT2D eigenvalue weighted by Gasteiger charge is -2.04. The molecule has 33 heavy (non-hydrogen) atoms. The van der Waals surface area contributed by atoms with E-state index in [-0.39, 0.29) is 0 Å². The Morgan fingerprint density at radius 2 is 1.36 bits per heavy atom. The van der Waals surface area contributed by atoms with Crippen molar-refractivity contribution in [1.82, 2.24) is 2.78 Å². The number of para-hydroxylation sites is 2. The van der Waals surface area contributed by atoms with Crippen LogP contribution in [0.3, 0.4) is 0 Å². The topological polar surface area (TPSA) is 21.9 Å². The van der Waals surface area contributed by atoms with Crippen molar-refractivity contribution in [2.75, 3.05) is 0 Å². The van der Waals surface area contributed by atoms with Crippen LogP contribution >= 0.6 is 22.9 Å². The fraction of sp³-hybridized carbons (Fsp3) is 0.0690. The van der Waals surface area contributed by atoms with Gasteiger partial charge in [0.25, 0.3) is 0 Å². The lowest BCUT2D eigenvalue weighted by atomic mass is 9.99. The average Bonchev–Trinajstić information content (AvgIpc) is 3.35. The van der Waals surface area contributed by atoms with Gasteiger partial charge in [-0.05, 0) is 52.9 Å². The second-order valence-electron chi connectivity index (χ2n) is 8.71. The number of nitrogens with zero attached hydrogens (tertiary/aromatic N) is 2. The molecule has 0 N–H and O–H groups in total. The minimum Gasteiger partial charge on any atom is -0.454 e. The molecule has 0 amide bonds. The van der Waals surface area contributed by atoms with Crippen molar-refractivity contribution in [3.63, 3.8) is 0 Å². The minimum absolute atomic E-state index is 0.946. The molecule has 5 aromatic carbocycles. The van der Waals surface area contributed by atoms with Gasteiger partial charge in [-0.25, -0.2) is 4.57 Å². The van der Waals surface area contributed by atoms with Crippen LogP contribution in [0, 0.1) is 6.92 Å². The van der Waals surface area contributed by atoms with E-state index in [1.54, 1.807) is 0 Å². The summed E-state index contributed by atoms with van der Waals surface area (Å²) in [5, 5.41) is 7.21. The Balaban J connectivity index is 1.64. The summed E-state index contributed by atoms with van der Waals surface area (Å²) < 4.78 is 11.3. The van der Waals surface area contributed by atoms with Gasteiger partial charge < -0.3 is 4.42 Å². The number of aromatic nitrogens is 2. The summed E-state index contributed by atoms with van der Waals surface area (Å²) in [6.45, 7) is 2.17. The van der Waals surface area contributed by atoms with E-state index >= 15 is 0 Å². The number of fused-ring (bicyclic) bond motifs is 8. The first-order valence-corrected chi connectivity index (χ1v) is 12.0. The number of benzene rings is 5. The Kier molecular flexibility index (Phi) is 3.95. The average molecular weight is 539 g/mol. The first kappa shape index (κ1) is 19.1. The third-order valence-corrected chi connectivity index (χ3v) is 7.90. The van der Waals surface area contributed by atoms with Gasteiger partial charge in [0.1, 0.15) is 11.1 Å². The highest BCUT2D eigenvalue weighted by Crippen LogP contribution is 2.41. The summed E-state index contributed by atoms with van der Waals surface area (Å²) in [4.78, 5) is 0. The fourth-order valence-electron chi connectivity index (χ4n) is 5.30. The second-order valence-corrected chi connectivity index (χ2v) is 9.68. The zero-order valence-corrected chi connectivity index (χ0v) is 20.4. The number of aryl methyl sites for hydroxylation is 2. The molecule has 0 fully saturated rings. The molecule has 7 aromatic rings. The monoisotopic (exact) mass is 539 g/mol. The Bertz CT molecular complexity index is 1870. The van der Waals surface area contributed by atoms with Crippen LogP contribution in [-0.2, 0) is 7.05 Å². The first-order chi connectivity index (χ1) is 16.1. The predicted octanol–water partition coefficient (Wildman–Crippen LogP) is 7.85. The molecule has 2 aromatic heterocycles. The minimum atomic E-state index is 0.946. The molecule has 0 atom stereocenters. The fourth-order valence-corrected chi connectivity index (χ4v) is 6.27. The van der Waals surface area contributed by atoms with Crippen LogP contribution in [0.1, 0.15) is 5.56 Å². The Hall–Kier alpha value is -3.38. The summed E-state index contributed by atoms with van der Waals surface area (Å²) in [5.41, 5.74) is 6.64. The maximum atomic E-state index is 6.76. The van der Waals surface area contributed by atoms with Crippen molar-refractivity contribution in [1.29, 1.82) is 0 Å². The van der Waals surface area contributed by atoms with Gasteiger partial charge in [-0.2, -0.15) is 2.78 Å². The highest BCUT2D eigenvalue weighted by Gasteiger charge is 2.28.